The van der Waals surface area contributed by atoms with Crippen LogP contribution in [-0.2, 0) is 10.0 Å². The van der Waals surface area contributed by atoms with Crippen LogP contribution in [0, 0.1) is 0 Å². The van der Waals surface area contributed by atoms with Crippen molar-refractivity contribution < 1.29 is 17.6 Å². The maximum atomic E-state index is 12.2. The molecule has 0 bridgehead atoms. The van der Waals surface area contributed by atoms with Gasteiger partial charge in [0.25, 0.3) is 5.91 Å². The number of likely N-dealkylation sites (tertiary alicyclic amines) is 1. The minimum Gasteiger partial charge on any atom is -0.472 e. The lowest BCUT2D eigenvalue weighted by molar-refractivity contribution is 0.0710. The summed E-state index contributed by atoms with van der Waals surface area (Å²) in [7, 11) is -3.51. The standard InChI is InChI=1S/C18H20N2O4S/c21-18(16-8-12-24-14-16)20-10-6-17(7-11-20)19-25(22,23)13-9-15-4-2-1-3-5-15/h1-5,8-9,12-14,17,19H,6-7,10-11H2. The molecule has 6 nitrogen and oxygen atoms in total. The zero-order valence-electron chi connectivity index (χ0n) is 13.7. The minimum absolute atomic E-state index is 0.0842. The molecule has 0 radical (unpaired) electrons. The van der Waals surface area contributed by atoms with E-state index in [0.717, 1.165) is 5.56 Å². The lowest BCUT2D eigenvalue weighted by Gasteiger charge is -2.31. The van der Waals surface area contributed by atoms with Gasteiger partial charge in [0.2, 0.25) is 10.0 Å². The molecule has 3 rings (SSSR count). The second-order valence-electron chi connectivity index (χ2n) is 5.95. The summed E-state index contributed by atoms with van der Waals surface area (Å²) in [5, 5.41) is 1.19. The van der Waals surface area contributed by atoms with Crippen LogP contribution in [-0.4, -0.2) is 38.4 Å². The Balaban J connectivity index is 1.53. The van der Waals surface area contributed by atoms with Crippen LogP contribution >= 0.6 is 0 Å². The van der Waals surface area contributed by atoms with E-state index in [9.17, 15) is 13.2 Å². The van der Waals surface area contributed by atoms with E-state index in [-0.39, 0.29) is 11.9 Å². The molecule has 1 aliphatic rings. The van der Waals surface area contributed by atoms with Crippen molar-refractivity contribution in [2.75, 3.05) is 13.1 Å². The summed E-state index contributed by atoms with van der Waals surface area (Å²) in [5.41, 5.74) is 1.35. The van der Waals surface area contributed by atoms with E-state index >= 15 is 0 Å². The first-order valence-corrected chi connectivity index (χ1v) is 9.65. The van der Waals surface area contributed by atoms with Gasteiger partial charge in [-0.3, -0.25) is 4.79 Å². The normalized spacial score (nSPS) is 16.4. The fourth-order valence-electron chi connectivity index (χ4n) is 2.77. The van der Waals surface area contributed by atoms with Crippen molar-refractivity contribution in [3.05, 3.63) is 65.5 Å². The van der Waals surface area contributed by atoms with Gasteiger partial charge in [0.15, 0.2) is 0 Å². The van der Waals surface area contributed by atoms with E-state index in [4.69, 9.17) is 4.42 Å². The highest BCUT2D eigenvalue weighted by Gasteiger charge is 2.26. The fourth-order valence-corrected chi connectivity index (χ4v) is 3.89. The second-order valence-corrected chi connectivity index (χ2v) is 7.55. The number of piperidine rings is 1. The first-order chi connectivity index (χ1) is 12.0. The monoisotopic (exact) mass is 360 g/mol. The number of carbonyl (C=O) groups excluding carboxylic acids is 1. The minimum atomic E-state index is -3.51. The van der Waals surface area contributed by atoms with Gasteiger partial charge in [-0.1, -0.05) is 30.3 Å². The molecule has 1 aromatic carbocycles. The van der Waals surface area contributed by atoms with Crippen molar-refractivity contribution in [2.24, 2.45) is 0 Å². The zero-order chi connectivity index (χ0) is 17.7. The number of hydrogen-bond acceptors (Lipinski definition) is 4. The van der Waals surface area contributed by atoms with E-state index in [2.05, 4.69) is 4.72 Å². The van der Waals surface area contributed by atoms with Gasteiger partial charge in [0.1, 0.15) is 6.26 Å². The van der Waals surface area contributed by atoms with E-state index in [1.54, 1.807) is 17.0 Å². The summed E-state index contributed by atoms with van der Waals surface area (Å²) in [5.74, 6) is -0.0842. The predicted molar refractivity (Wildman–Crippen MR) is 95.2 cm³/mol. The average molecular weight is 360 g/mol. The van der Waals surface area contributed by atoms with Crippen LogP contribution < -0.4 is 4.72 Å². The summed E-state index contributed by atoms with van der Waals surface area (Å²) < 4.78 is 32.0. The highest BCUT2D eigenvalue weighted by atomic mass is 32.2. The highest BCUT2D eigenvalue weighted by Crippen LogP contribution is 2.15. The third-order valence-electron chi connectivity index (χ3n) is 4.12. The largest absolute Gasteiger partial charge is 0.472 e. The topological polar surface area (TPSA) is 79.6 Å². The molecule has 1 saturated heterocycles. The summed E-state index contributed by atoms with van der Waals surface area (Å²) in [6, 6.07) is 10.7. The van der Waals surface area contributed by atoms with E-state index in [1.165, 1.54) is 17.9 Å². The van der Waals surface area contributed by atoms with Gasteiger partial charge in [-0.15, -0.1) is 0 Å². The number of nitrogens with one attached hydrogen (secondary N) is 1. The highest BCUT2D eigenvalue weighted by molar-refractivity contribution is 7.92. The summed E-state index contributed by atoms with van der Waals surface area (Å²) in [6.07, 6.45) is 5.63. The Morgan fingerprint density at radius 3 is 2.52 bits per heavy atom. The number of benzene rings is 1. The molecule has 2 aromatic rings. The number of carbonyl (C=O) groups is 1. The van der Waals surface area contributed by atoms with E-state index in [0.29, 0.717) is 31.5 Å². The molecule has 0 unspecified atom stereocenters. The van der Waals surface area contributed by atoms with Gasteiger partial charge in [-0.2, -0.15) is 0 Å². The Bertz CT molecular complexity index is 821. The lowest BCUT2D eigenvalue weighted by atomic mass is 10.1. The molecule has 25 heavy (non-hydrogen) atoms. The molecule has 0 saturated carbocycles. The van der Waals surface area contributed by atoms with Gasteiger partial charge in [-0.25, -0.2) is 13.1 Å². The molecule has 0 atom stereocenters. The maximum Gasteiger partial charge on any atom is 0.257 e. The second kappa shape index (κ2) is 7.67. The quantitative estimate of drug-likeness (QED) is 0.888. The van der Waals surface area contributed by atoms with Crippen molar-refractivity contribution in [3.63, 3.8) is 0 Å². The Morgan fingerprint density at radius 2 is 1.88 bits per heavy atom. The Labute approximate surface area is 147 Å². The molecular weight excluding hydrogens is 340 g/mol. The van der Waals surface area contributed by atoms with E-state index in [1.807, 2.05) is 30.3 Å². The van der Waals surface area contributed by atoms with Crippen LogP contribution in [0.15, 0.2) is 58.7 Å². The number of hydrogen-bond donors (Lipinski definition) is 1. The number of amides is 1. The maximum absolute atomic E-state index is 12.2. The molecule has 7 heteroatoms. The van der Waals surface area contributed by atoms with Crippen LogP contribution in [0.25, 0.3) is 6.08 Å². The van der Waals surface area contributed by atoms with Crippen LogP contribution in [0.1, 0.15) is 28.8 Å². The predicted octanol–water partition coefficient (Wildman–Crippen LogP) is 2.47. The van der Waals surface area contributed by atoms with Crippen molar-refractivity contribution >= 4 is 22.0 Å². The lowest BCUT2D eigenvalue weighted by Crippen LogP contribution is -2.46. The van der Waals surface area contributed by atoms with Crippen molar-refractivity contribution in [1.29, 1.82) is 0 Å². The van der Waals surface area contributed by atoms with Crippen LogP contribution in [0.2, 0.25) is 0 Å². The number of nitrogens with zero attached hydrogens (tertiary/aromatic N) is 1. The van der Waals surface area contributed by atoms with Gasteiger partial charge in [0.05, 0.1) is 11.8 Å². The summed E-state index contributed by atoms with van der Waals surface area (Å²) in [6.45, 7) is 1.03. The molecular formula is C18H20N2O4S. The van der Waals surface area contributed by atoms with Gasteiger partial charge in [-0.05, 0) is 30.5 Å². The van der Waals surface area contributed by atoms with Crippen molar-refractivity contribution in [2.45, 2.75) is 18.9 Å². The third-order valence-corrected chi connectivity index (χ3v) is 5.28. The molecule has 1 aliphatic heterocycles. The van der Waals surface area contributed by atoms with Crippen LogP contribution in [0.3, 0.4) is 0 Å². The Hall–Kier alpha value is -2.38. The van der Waals surface area contributed by atoms with Crippen molar-refractivity contribution in [3.8, 4) is 0 Å². The summed E-state index contributed by atoms with van der Waals surface area (Å²) >= 11 is 0. The van der Waals surface area contributed by atoms with Gasteiger partial charge < -0.3 is 9.32 Å². The van der Waals surface area contributed by atoms with Crippen LogP contribution in [0.5, 0.6) is 0 Å². The molecule has 0 aliphatic carbocycles. The SMILES string of the molecule is O=C(c1ccoc1)N1CCC(NS(=O)(=O)C=Cc2ccccc2)CC1. The first-order valence-electron chi connectivity index (χ1n) is 8.10. The average Bonchev–Trinajstić information content (AvgIpc) is 3.15. The molecule has 1 aromatic heterocycles. The molecule has 1 fully saturated rings. The molecule has 1 amide bonds. The smallest absolute Gasteiger partial charge is 0.257 e. The number of rotatable bonds is 5. The van der Waals surface area contributed by atoms with Crippen molar-refractivity contribution in [1.82, 2.24) is 9.62 Å². The Morgan fingerprint density at radius 1 is 1.16 bits per heavy atom. The van der Waals surface area contributed by atoms with Crippen LogP contribution in [0.4, 0.5) is 0 Å². The molecule has 0 spiro atoms. The summed E-state index contributed by atoms with van der Waals surface area (Å²) in [4.78, 5) is 13.9. The Kier molecular flexibility index (Phi) is 5.35. The third kappa shape index (κ3) is 4.80. The molecule has 1 N–H and O–H groups in total. The number of sulfonamides is 1. The number of furan rings is 1. The molecule has 2 heterocycles. The van der Waals surface area contributed by atoms with E-state index < -0.39 is 10.0 Å². The van der Waals surface area contributed by atoms with Gasteiger partial charge in [0, 0.05) is 24.5 Å². The molecule has 132 valence electrons. The van der Waals surface area contributed by atoms with Gasteiger partial charge >= 0.3 is 0 Å². The first kappa shape index (κ1) is 17.4. The fraction of sp³-hybridized carbons (Fsp3) is 0.278. The zero-order valence-corrected chi connectivity index (χ0v) is 14.5.